The molecule has 0 bridgehead atoms. The minimum absolute atomic E-state index is 0.768. The van der Waals surface area contributed by atoms with Crippen molar-refractivity contribution in [1.29, 1.82) is 0 Å². The molecule has 0 unspecified atom stereocenters. The molecule has 1 aromatic rings. The molecule has 5 heteroatoms. The van der Waals surface area contributed by atoms with Gasteiger partial charge in [-0.05, 0) is 74.9 Å². The summed E-state index contributed by atoms with van der Waals surface area (Å²) in [7, 11) is 1.74. The first kappa shape index (κ1) is 21.2. The fourth-order valence-electron chi connectivity index (χ4n) is 5.15. The fourth-order valence-corrected chi connectivity index (χ4v) is 5.56. The Kier molecular flexibility index (Phi) is 7.54. The van der Waals surface area contributed by atoms with Crippen LogP contribution in [0.15, 0.2) is 34.4 Å². The minimum Gasteiger partial charge on any atom is -0.497 e. The molecule has 4 rings (SSSR count). The summed E-state index contributed by atoms with van der Waals surface area (Å²) in [5, 5.41) is 3.71. The van der Waals surface area contributed by atoms with Gasteiger partial charge in [0.25, 0.3) is 0 Å². The van der Waals surface area contributed by atoms with Gasteiger partial charge < -0.3 is 10.1 Å². The van der Waals surface area contributed by atoms with Crippen LogP contribution in [0.25, 0.3) is 0 Å². The van der Waals surface area contributed by atoms with Crippen molar-refractivity contribution in [3.8, 4) is 5.75 Å². The van der Waals surface area contributed by atoms with Gasteiger partial charge in [-0.1, -0.05) is 41.3 Å². The van der Waals surface area contributed by atoms with Gasteiger partial charge in [-0.2, -0.15) is 0 Å². The van der Waals surface area contributed by atoms with Crippen LogP contribution in [0.2, 0.25) is 0 Å². The van der Waals surface area contributed by atoms with E-state index in [0.717, 1.165) is 43.9 Å². The summed E-state index contributed by atoms with van der Waals surface area (Å²) in [4.78, 5) is 5.27. The summed E-state index contributed by atoms with van der Waals surface area (Å²) >= 11 is 3.71. The molecule has 0 aromatic heterocycles. The van der Waals surface area contributed by atoms with Crippen molar-refractivity contribution in [2.75, 3.05) is 40.0 Å². The number of ether oxygens (including phenoxy) is 1. The molecule has 1 N–H and O–H groups in total. The molecular weight excluding hydrogens is 426 g/mol. The molecule has 0 radical (unpaired) electrons. The minimum atomic E-state index is 0.768. The smallest absolute Gasteiger partial charge is 0.119 e. The number of piperidine rings is 1. The monoisotopic (exact) mass is 461 g/mol. The second-order valence-corrected chi connectivity index (χ2v) is 9.86. The zero-order valence-corrected chi connectivity index (χ0v) is 19.4. The molecule has 0 amide bonds. The number of nitrogens with zero attached hydrogens (tertiary/aromatic N) is 2. The van der Waals surface area contributed by atoms with Crippen LogP contribution < -0.4 is 10.1 Å². The topological polar surface area (TPSA) is 27.7 Å². The van der Waals surface area contributed by atoms with E-state index < -0.39 is 0 Å². The summed E-state index contributed by atoms with van der Waals surface area (Å²) in [6.07, 6.45) is 13.2. The molecule has 2 aliphatic heterocycles. The summed E-state index contributed by atoms with van der Waals surface area (Å²) in [6.45, 7) is 5.67. The summed E-state index contributed by atoms with van der Waals surface area (Å²) < 4.78 is 6.61. The van der Waals surface area contributed by atoms with Crippen molar-refractivity contribution in [2.45, 2.75) is 57.4 Å². The van der Waals surface area contributed by atoms with Gasteiger partial charge >= 0.3 is 0 Å². The predicted octanol–water partition coefficient (Wildman–Crippen LogP) is 4.79. The van der Waals surface area contributed by atoms with Crippen molar-refractivity contribution in [1.82, 2.24) is 15.1 Å². The third-order valence-corrected chi connectivity index (χ3v) is 7.81. The average molecular weight is 462 g/mol. The first-order valence-electron chi connectivity index (χ1n) is 11.4. The van der Waals surface area contributed by atoms with E-state index in [9.17, 15) is 0 Å². The molecule has 2 heterocycles. The van der Waals surface area contributed by atoms with Gasteiger partial charge in [-0.15, -0.1) is 0 Å². The molecule has 29 heavy (non-hydrogen) atoms. The first-order chi connectivity index (χ1) is 14.2. The number of benzene rings is 1. The Morgan fingerprint density at radius 3 is 2.59 bits per heavy atom. The van der Waals surface area contributed by atoms with Gasteiger partial charge in [0.2, 0.25) is 0 Å². The molecule has 0 spiro atoms. The van der Waals surface area contributed by atoms with Crippen molar-refractivity contribution in [2.24, 2.45) is 5.92 Å². The predicted molar refractivity (Wildman–Crippen MR) is 123 cm³/mol. The Morgan fingerprint density at radius 2 is 1.90 bits per heavy atom. The number of halogens is 1. The highest BCUT2D eigenvalue weighted by Crippen LogP contribution is 2.29. The van der Waals surface area contributed by atoms with Crippen molar-refractivity contribution >= 4 is 15.9 Å². The normalized spacial score (nSPS) is 22.9. The molecule has 1 saturated heterocycles. The zero-order chi connectivity index (χ0) is 20.1. The highest BCUT2D eigenvalue weighted by atomic mass is 79.9. The van der Waals surface area contributed by atoms with E-state index in [1.165, 1.54) is 73.8 Å². The number of hydrogen-bond donors (Lipinski definition) is 1. The number of methoxy groups -OCH3 is 1. The quantitative estimate of drug-likeness (QED) is 0.658. The van der Waals surface area contributed by atoms with Crippen LogP contribution in [0.5, 0.6) is 5.75 Å². The Labute approximate surface area is 184 Å². The van der Waals surface area contributed by atoms with Crippen molar-refractivity contribution in [3.05, 3.63) is 40.0 Å². The maximum atomic E-state index is 5.40. The van der Waals surface area contributed by atoms with Gasteiger partial charge in [0.05, 0.1) is 13.8 Å². The standard InChI is InChI=1S/C24H36BrN3O/c1-29-23-7-8-24(25)20(16-23)15-19-9-12-27(13-10-19)17-21-11-14-28(18-26-21)22-5-3-2-4-6-22/h7-8,11,16,19,22,26H,2-6,9-10,12-15,17-18H2,1H3. The SMILES string of the molecule is COc1ccc(Br)c(CC2CCN(CC3=CCN(C4CCCCC4)CN3)CC2)c1. The average Bonchev–Trinajstić information content (AvgIpc) is 2.78. The molecule has 3 aliphatic rings. The van der Waals surface area contributed by atoms with Crippen LogP contribution >= 0.6 is 15.9 Å². The van der Waals surface area contributed by atoms with E-state index in [4.69, 9.17) is 4.74 Å². The van der Waals surface area contributed by atoms with Crippen LogP contribution in [0.4, 0.5) is 0 Å². The highest BCUT2D eigenvalue weighted by molar-refractivity contribution is 9.10. The van der Waals surface area contributed by atoms with Crippen LogP contribution in [-0.4, -0.2) is 55.8 Å². The number of hydrogen-bond acceptors (Lipinski definition) is 4. The molecule has 1 saturated carbocycles. The Bertz CT molecular complexity index is 693. The molecule has 0 atom stereocenters. The van der Waals surface area contributed by atoms with Crippen molar-refractivity contribution in [3.63, 3.8) is 0 Å². The second kappa shape index (κ2) is 10.3. The van der Waals surface area contributed by atoms with Crippen molar-refractivity contribution < 1.29 is 4.74 Å². The van der Waals surface area contributed by atoms with E-state index in [0.29, 0.717) is 0 Å². The van der Waals surface area contributed by atoms with E-state index >= 15 is 0 Å². The van der Waals surface area contributed by atoms with Crippen LogP contribution in [0.1, 0.15) is 50.5 Å². The van der Waals surface area contributed by atoms with Gasteiger partial charge in [-0.25, -0.2) is 0 Å². The number of nitrogens with one attached hydrogen (secondary N) is 1. The van der Waals surface area contributed by atoms with E-state index in [1.807, 2.05) is 6.07 Å². The van der Waals surface area contributed by atoms with Gasteiger partial charge in [0.1, 0.15) is 5.75 Å². The Hall–Kier alpha value is -1.04. The summed E-state index contributed by atoms with van der Waals surface area (Å²) in [5.41, 5.74) is 2.81. The first-order valence-corrected chi connectivity index (χ1v) is 12.2. The highest BCUT2D eigenvalue weighted by Gasteiger charge is 2.24. The molecular formula is C24H36BrN3O. The van der Waals surface area contributed by atoms with Gasteiger partial charge in [-0.3, -0.25) is 9.80 Å². The fraction of sp³-hybridized carbons (Fsp3) is 0.667. The molecule has 160 valence electrons. The molecule has 2 fully saturated rings. The maximum Gasteiger partial charge on any atom is 0.119 e. The Morgan fingerprint density at radius 1 is 1.10 bits per heavy atom. The summed E-state index contributed by atoms with van der Waals surface area (Å²) in [6, 6.07) is 7.13. The van der Waals surface area contributed by atoms with E-state index in [1.54, 1.807) is 7.11 Å². The number of rotatable bonds is 6. The molecule has 1 aliphatic carbocycles. The van der Waals surface area contributed by atoms with E-state index in [2.05, 4.69) is 49.3 Å². The summed E-state index contributed by atoms with van der Waals surface area (Å²) in [5.74, 6) is 1.72. The lowest BCUT2D eigenvalue weighted by atomic mass is 9.90. The lowest BCUT2D eigenvalue weighted by Gasteiger charge is -2.38. The molecule has 1 aromatic carbocycles. The van der Waals surface area contributed by atoms with Crippen LogP contribution in [-0.2, 0) is 6.42 Å². The zero-order valence-electron chi connectivity index (χ0n) is 17.8. The van der Waals surface area contributed by atoms with Gasteiger partial charge in [0.15, 0.2) is 0 Å². The maximum absolute atomic E-state index is 5.40. The largest absolute Gasteiger partial charge is 0.497 e. The number of likely N-dealkylation sites (tertiary alicyclic amines) is 1. The lowest BCUT2D eigenvalue weighted by molar-refractivity contribution is 0.148. The van der Waals surface area contributed by atoms with Gasteiger partial charge in [0, 0.05) is 29.3 Å². The van der Waals surface area contributed by atoms with Crippen LogP contribution in [0.3, 0.4) is 0 Å². The Balaban J connectivity index is 1.22. The molecule has 4 nitrogen and oxygen atoms in total. The second-order valence-electron chi connectivity index (χ2n) is 9.01. The third kappa shape index (κ3) is 5.77. The third-order valence-electron chi connectivity index (χ3n) is 7.04. The van der Waals surface area contributed by atoms with Crippen LogP contribution in [0, 0.1) is 5.92 Å². The lowest BCUT2D eigenvalue weighted by Crippen LogP contribution is -2.47. The van der Waals surface area contributed by atoms with E-state index in [-0.39, 0.29) is 0 Å².